The quantitative estimate of drug-likeness (QED) is 0.538. The Morgan fingerprint density at radius 1 is 1.04 bits per heavy atom. The molecule has 0 amide bonds. The molecule has 8 nitrogen and oxygen atoms in total. The van der Waals surface area contributed by atoms with Gasteiger partial charge in [0.25, 0.3) is 5.56 Å². The molecule has 0 spiro atoms. The molecule has 0 aliphatic heterocycles. The second-order valence-corrected chi connectivity index (χ2v) is 6.58. The smallest absolute Gasteiger partial charge is 0.332 e. The van der Waals surface area contributed by atoms with Crippen LogP contribution in [0.3, 0.4) is 0 Å². The normalized spacial score (nSPS) is 11.3. The zero-order valence-electron chi connectivity index (χ0n) is 16.1. The van der Waals surface area contributed by atoms with Gasteiger partial charge in [0.1, 0.15) is 11.5 Å². The molecule has 0 aliphatic carbocycles. The third kappa shape index (κ3) is 2.49. The number of rotatable bonds is 4. The van der Waals surface area contributed by atoms with E-state index in [1.165, 1.54) is 15.5 Å². The fraction of sp³-hybridized carbons (Fsp3) is 0.250. The van der Waals surface area contributed by atoms with Crippen LogP contribution < -0.4 is 20.7 Å². The van der Waals surface area contributed by atoms with Crippen molar-refractivity contribution in [3.05, 3.63) is 63.1 Å². The number of ether oxygens (including phenoxy) is 2. The average Bonchev–Trinajstić information content (AvgIpc) is 3.10. The molecule has 144 valence electrons. The summed E-state index contributed by atoms with van der Waals surface area (Å²) in [4.78, 5) is 30.0. The number of imidazole rings is 1. The lowest BCUT2D eigenvalue weighted by Gasteiger charge is -2.16. The number of aryl methyl sites for hydroxylation is 2. The van der Waals surface area contributed by atoms with Crippen molar-refractivity contribution in [2.45, 2.75) is 6.54 Å². The van der Waals surface area contributed by atoms with Crippen LogP contribution >= 0.6 is 0 Å². The van der Waals surface area contributed by atoms with Gasteiger partial charge in [-0.1, -0.05) is 24.3 Å². The first-order valence-corrected chi connectivity index (χ1v) is 8.71. The van der Waals surface area contributed by atoms with E-state index in [9.17, 15) is 9.59 Å². The van der Waals surface area contributed by atoms with Gasteiger partial charge in [0.15, 0.2) is 11.2 Å². The van der Waals surface area contributed by atoms with Crippen molar-refractivity contribution in [3.8, 4) is 11.5 Å². The Balaban J connectivity index is 2.00. The van der Waals surface area contributed by atoms with Crippen LogP contribution in [-0.4, -0.2) is 32.9 Å². The molecule has 0 saturated heterocycles. The number of nitrogens with zero attached hydrogens (tertiary/aromatic N) is 4. The molecule has 2 heterocycles. The second kappa shape index (κ2) is 6.56. The molecule has 0 aliphatic rings. The first-order chi connectivity index (χ1) is 13.5. The summed E-state index contributed by atoms with van der Waals surface area (Å²) in [6, 6.07) is 9.49. The Labute approximate surface area is 160 Å². The lowest BCUT2D eigenvalue weighted by molar-refractivity contribution is 0.404. The fourth-order valence-corrected chi connectivity index (χ4v) is 3.60. The fourth-order valence-electron chi connectivity index (χ4n) is 3.60. The summed E-state index contributed by atoms with van der Waals surface area (Å²) in [5.41, 5.74) is 0.571. The van der Waals surface area contributed by atoms with E-state index in [0.717, 1.165) is 10.8 Å². The van der Waals surface area contributed by atoms with Gasteiger partial charge in [-0.3, -0.25) is 13.9 Å². The molecule has 2 aromatic carbocycles. The van der Waals surface area contributed by atoms with E-state index < -0.39 is 11.2 Å². The van der Waals surface area contributed by atoms with Crippen molar-refractivity contribution in [3.63, 3.8) is 0 Å². The standard InChI is InChI=1S/C20H20N4O4/c1-22-11-21-18-16(22)19(25)24(20(26)23(18)2)10-12-9-15(27-3)13-7-5-6-8-14(13)17(12)28-4/h5-9,11H,10H2,1-4H3. The number of hydrogen-bond donors (Lipinski definition) is 0. The Morgan fingerprint density at radius 3 is 2.43 bits per heavy atom. The summed E-state index contributed by atoms with van der Waals surface area (Å²) in [5, 5.41) is 1.75. The zero-order chi connectivity index (χ0) is 20.0. The number of hydrogen-bond acceptors (Lipinski definition) is 5. The molecule has 4 rings (SSSR count). The number of methoxy groups -OCH3 is 2. The van der Waals surface area contributed by atoms with Crippen molar-refractivity contribution in [2.24, 2.45) is 14.1 Å². The minimum absolute atomic E-state index is 0.0526. The van der Waals surface area contributed by atoms with Gasteiger partial charge >= 0.3 is 5.69 Å². The first kappa shape index (κ1) is 17.8. The monoisotopic (exact) mass is 380 g/mol. The molecule has 0 atom stereocenters. The number of aromatic nitrogens is 4. The molecule has 0 radical (unpaired) electrons. The Bertz CT molecular complexity index is 1330. The van der Waals surface area contributed by atoms with Gasteiger partial charge in [-0.2, -0.15) is 0 Å². The van der Waals surface area contributed by atoms with Gasteiger partial charge in [0.2, 0.25) is 0 Å². The molecule has 2 aromatic heterocycles. The second-order valence-electron chi connectivity index (χ2n) is 6.58. The van der Waals surface area contributed by atoms with Gasteiger partial charge in [-0.15, -0.1) is 0 Å². The van der Waals surface area contributed by atoms with E-state index in [0.29, 0.717) is 28.2 Å². The van der Waals surface area contributed by atoms with Crippen molar-refractivity contribution in [1.82, 2.24) is 18.7 Å². The maximum Gasteiger partial charge on any atom is 0.332 e. The molecule has 0 bridgehead atoms. The SMILES string of the molecule is COc1cc(Cn2c(=O)c3c(ncn3C)n(C)c2=O)c(OC)c2ccccc12. The van der Waals surface area contributed by atoms with Crippen LogP contribution in [0.15, 0.2) is 46.2 Å². The highest BCUT2D eigenvalue weighted by Gasteiger charge is 2.19. The maximum atomic E-state index is 13.0. The van der Waals surface area contributed by atoms with Crippen molar-refractivity contribution in [1.29, 1.82) is 0 Å². The van der Waals surface area contributed by atoms with E-state index >= 15 is 0 Å². The summed E-state index contributed by atoms with van der Waals surface area (Å²) in [6.07, 6.45) is 1.52. The first-order valence-electron chi connectivity index (χ1n) is 8.71. The molecule has 8 heteroatoms. The van der Waals surface area contributed by atoms with Crippen LogP contribution in [0.25, 0.3) is 21.9 Å². The molecule has 28 heavy (non-hydrogen) atoms. The van der Waals surface area contributed by atoms with Gasteiger partial charge in [0.05, 0.1) is 27.1 Å². The Hall–Kier alpha value is -3.55. The summed E-state index contributed by atoms with van der Waals surface area (Å²) >= 11 is 0. The molecule has 0 unspecified atom stereocenters. The summed E-state index contributed by atoms with van der Waals surface area (Å²) in [6.45, 7) is 0.0526. The van der Waals surface area contributed by atoms with E-state index in [1.54, 1.807) is 38.9 Å². The van der Waals surface area contributed by atoms with Crippen LogP contribution in [-0.2, 0) is 20.6 Å². The van der Waals surface area contributed by atoms with Crippen LogP contribution in [0.4, 0.5) is 0 Å². The van der Waals surface area contributed by atoms with Crippen LogP contribution in [0, 0.1) is 0 Å². The van der Waals surface area contributed by atoms with E-state index in [1.807, 2.05) is 24.3 Å². The molecular weight excluding hydrogens is 360 g/mol. The van der Waals surface area contributed by atoms with E-state index in [4.69, 9.17) is 9.47 Å². The predicted octanol–water partition coefficient (Wildman–Crippen LogP) is 1.65. The zero-order valence-corrected chi connectivity index (χ0v) is 16.1. The summed E-state index contributed by atoms with van der Waals surface area (Å²) in [5.74, 6) is 1.26. The minimum Gasteiger partial charge on any atom is -0.496 e. The topological polar surface area (TPSA) is 80.3 Å². The van der Waals surface area contributed by atoms with Crippen LogP contribution in [0.5, 0.6) is 11.5 Å². The third-order valence-electron chi connectivity index (χ3n) is 4.99. The van der Waals surface area contributed by atoms with Gasteiger partial charge < -0.3 is 14.0 Å². The van der Waals surface area contributed by atoms with Gasteiger partial charge in [-0.25, -0.2) is 9.78 Å². The highest BCUT2D eigenvalue weighted by atomic mass is 16.5. The average molecular weight is 380 g/mol. The molecular formula is C20H20N4O4. The van der Waals surface area contributed by atoms with Crippen molar-refractivity contribution in [2.75, 3.05) is 14.2 Å². The summed E-state index contributed by atoms with van der Waals surface area (Å²) in [7, 11) is 6.49. The lowest BCUT2D eigenvalue weighted by atomic mass is 10.0. The number of benzene rings is 2. The van der Waals surface area contributed by atoms with Crippen molar-refractivity contribution >= 4 is 21.9 Å². The maximum absolute atomic E-state index is 13.0. The molecule has 0 fully saturated rings. The van der Waals surface area contributed by atoms with Crippen LogP contribution in [0.1, 0.15) is 5.56 Å². The Morgan fingerprint density at radius 2 is 1.75 bits per heavy atom. The lowest BCUT2D eigenvalue weighted by Crippen LogP contribution is -2.39. The van der Waals surface area contributed by atoms with E-state index in [2.05, 4.69) is 4.98 Å². The third-order valence-corrected chi connectivity index (χ3v) is 4.99. The van der Waals surface area contributed by atoms with Crippen LogP contribution in [0.2, 0.25) is 0 Å². The van der Waals surface area contributed by atoms with E-state index in [-0.39, 0.29) is 6.54 Å². The number of fused-ring (bicyclic) bond motifs is 2. The highest BCUT2D eigenvalue weighted by molar-refractivity contribution is 5.94. The predicted molar refractivity (Wildman–Crippen MR) is 106 cm³/mol. The van der Waals surface area contributed by atoms with Crippen molar-refractivity contribution < 1.29 is 9.47 Å². The summed E-state index contributed by atoms with van der Waals surface area (Å²) < 4.78 is 15.3. The van der Waals surface area contributed by atoms with Gasteiger partial charge in [-0.05, 0) is 6.07 Å². The molecule has 4 aromatic rings. The highest BCUT2D eigenvalue weighted by Crippen LogP contribution is 2.36. The largest absolute Gasteiger partial charge is 0.496 e. The molecule has 0 N–H and O–H groups in total. The minimum atomic E-state index is -0.439. The molecule has 0 saturated carbocycles. The van der Waals surface area contributed by atoms with Gasteiger partial charge in [0, 0.05) is 30.4 Å². The Kier molecular flexibility index (Phi) is 4.18.